The van der Waals surface area contributed by atoms with E-state index in [2.05, 4.69) is 22.3 Å². The smallest absolute Gasteiger partial charge is 0.232 e. The van der Waals surface area contributed by atoms with Crippen LogP contribution in [0.5, 0.6) is 0 Å². The predicted molar refractivity (Wildman–Crippen MR) is 87.8 cm³/mol. The second kappa shape index (κ2) is 6.37. The van der Waals surface area contributed by atoms with E-state index in [0.717, 1.165) is 44.1 Å². The first-order valence-corrected chi connectivity index (χ1v) is 7.64. The van der Waals surface area contributed by atoms with Gasteiger partial charge in [0, 0.05) is 13.1 Å². The molecule has 0 bridgehead atoms. The van der Waals surface area contributed by atoms with Gasteiger partial charge in [0.25, 0.3) is 0 Å². The van der Waals surface area contributed by atoms with Crippen molar-refractivity contribution in [1.29, 1.82) is 0 Å². The number of amides is 1. The predicted octanol–water partition coefficient (Wildman–Crippen LogP) is 2.45. The van der Waals surface area contributed by atoms with Gasteiger partial charge in [0.15, 0.2) is 0 Å². The minimum Gasteiger partial charge on any atom is -0.342 e. The van der Waals surface area contributed by atoms with E-state index in [1.54, 1.807) is 0 Å². The van der Waals surface area contributed by atoms with Gasteiger partial charge in [-0.1, -0.05) is 30.3 Å². The summed E-state index contributed by atoms with van der Waals surface area (Å²) in [5.41, 5.74) is 0.678. The third kappa shape index (κ3) is 3.09. The summed E-state index contributed by atoms with van der Waals surface area (Å²) in [4.78, 5) is 15.0. The van der Waals surface area contributed by atoms with E-state index in [1.807, 2.05) is 32.0 Å². The van der Waals surface area contributed by atoms with Crippen LogP contribution in [-0.4, -0.2) is 37.0 Å². The first-order chi connectivity index (χ1) is 9.59. The minimum atomic E-state index is -0.430. The van der Waals surface area contributed by atoms with Crippen molar-refractivity contribution in [3.63, 3.8) is 0 Å². The van der Waals surface area contributed by atoms with Crippen LogP contribution < -0.4 is 5.32 Å². The number of carbonyl (C=O) groups excluding carboxylic acids is 1. The van der Waals surface area contributed by atoms with E-state index in [0.29, 0.717) is 5.92 Å². The summed E-state index contributed by atoms with van der Waals surface area (Å²) in [5, 5.41) is 3.46. The fraction of sp³-hybridized carbons (Fsp3) is 0.588. The highest BCUT2D eigenvalue weighted by Gasteiger charge is 2.39. The molecular formula is C17H25ClN2O. The van der Waals surface area contributed by atoms with Gasteiger partial charge in [-0.3, -0.25) is 4.79 Å². The summed E-state index contributed by atoms with van der Waals surface area (Å²) >= 11 is 0. The number of rotatable bonds is 2. The van der Waals surface area contributed by atoms with Gasteiger partial charge in [0.05, 0.1) is 5.41 Å². The number of hydrogen-bond acceptors (Lipinski definition) is 2. The SMILES string of the molecule is CC(C)(C(=O)N1CCC2CNCC2C1)c1ccccc1.Cl. The quantitative estimate of drug-likeness (QED) is 0.910. The van der Waals surface area contributed by atoms with Gasteiger partial charge in [0.1, 0.15) is 0 Å². The Labute approximate surface area is 133 Å². The Balaban J connectivity index is 0.00000161. The molecule has 1 N–H and O–H groups in total. The molecule has 1 amide bonds. The fourth-order valence-corrected chi connectivity index (χ4v) is 3.59. The molecule has 2 aliphatic heterocycles. The Morgan fingerprint density at radius 1 is 1.19 bits per heavy atom. The van der Waals surface area contributed by atoms with Gasteiger partial charge in [-0.05, 0) is 50.8 Å². The van der Waals surface area contributed by atoms with Gasteiger partial charge < -0.3 is 10.2 Å². The second-order valence-corrected chi connectivity index (χ2v) is 6.71. The molecule has 2 fully saturated rings. The number of halogens is 1. The van der Waals surface area contributed by atoms with Gasteiger partial charge in [-0.25, -0.2) is 0 Å². The van der Waals surface area contributed by atoms with Crippen molar-refractivity contribution in [3.8, 4) is 0 Å². The molecule has 0 radical (unpaired) electrons. The molecule has 3 rings (SSSR count). The van der Waals surface area contributed by atoms with Crippen molar-refractivity contribution in [2.75, 3.05) is 26.2 Å². The number of piperidine rings is 1. The first kappa shape index (κ1) is 16.3. The molecule has 2 unspecified atom stereocenters. The summed E-state index contributed by atoms with van der Waals surface area (Å²) < 4.78 is 0. The number of likely N-dealkylation sites (tertiary alicyclic amines) is 1. The van der Waals surface area contributed by atoms with Crippen LogP contribution in [-0.2, 0) is 10.2 Å². The molecule has 2 saturated heterocycles. The number of benzene rings is 1. The normalized spacial score (nSPS) is 25.1. The second-order valence-electron chi connectivity index (χ2n) is 6.71. The molecule has 1 aromatic rings. The summed E-state index contributed by atoms with van der Waals surface area (Å²) in [7, 11) is 0. The average molecular weight is 309 g/mol. The summed E-state index contributed by atoms with van der Waals surface area (Å²) in [6.45, 7) is 8.13. The summed E-state index contributed by atoms with van der Waals surface area (Å²) in [6.07, 6.45) is 1.15. The van der Waals surface area contributed by atoms with Crippen molar-refractivity contribution in [2.45, 2.75) is 25.7 Å². The molecule has 4 heteroatoms. The highest BCUT2D eigenvalue weighted by molar-refractivity contribution is 5.87. The van der Waals surface area contributed by atoms with E-state index >= 15 is 0 Å². The molecule has 0 saturated carbocycles. The van der Waals surface area contributed by atoms with Crippen LogP contribution >= 0.6 is 12.4 Å². The number of hydrogen-bond donors (Lipinski definition) is 1. The van der Waals surface area contributed by atoms with E-state index < -0.39 is 5.41 Å². The standard InChI is InChI=1S/C17H24N2O.ClH/c1-17(2,15-6-4-3-5-7-15)16(20)19-9-8-13-10-18-11-14(13)12-19;/h3-7,13-14,18H,8-12H2,1-2H3;1H. The Kier molecular flexibility index (Phi) is 4.95. The van der Waals surface area contributed by atoms with Crippen molar-refractivity contribution in [2.24, 2.45) is 11.8 Å². The van der Waals surface area contributed by atoms with Crippen LogP contribution in [0, 0.1) is 11.8 Å². The lowest BCUT2D eigenvalue weighted by atomic mass is 9.81. The largest absolute Gasteiger partial charge is 0.342 e. The highest BCUT2D eigenvalue weighted by Crippen LogP contribution is 2.31. The third-order valence-electron chi connectivity index (χ3n) is 5.02. The average Bonchev–Trinajstić information content (AvgIpc) is 2.94. The lowest BCUT2D eigenvalue weighted by Gasteiger charge is -2.39. The maximum Gasteiger partial charge on any atom is 0.232 e. The molecule has 116 valence electrons. The summed E-state index contributed by atoms with van der Waals surface area (Å²) in [6, 6.07) is 10.1. The van der Waals surface area contributed by atoms with Crippen molar-refractivity contribution in [1.82, 2.24) is 10.2 Å². The van der Waals surface area contributed by atoms with Gasteiger partial charge in [0.2, 0.25) is 5.91 Å². The van der Waals surface area contributed by atoms with Crippen molar-refractivity contribution in [3.05, 3.63) is 35.9 Å². The van der Waals surface area contributed by atoms with Gasteiger partial charge in [-0.15, -0.1) is 12.4 Å². The number of nitrogens with zero attached hydrogens (tertiary/aromatic N) is 1. The zero-order chi connectivity index (χ0) is 14.2. The first-order valence-electron chi connectivity index (χ1n) is 7.64. The molecular weight excluding hydrogens is 284 g/mol. The maximum absolute atomic E-state index is 12.9. The van der Waals surface area contributed by atoms with Crippen molar-refractivity contribution < 1.29 is 4.79 Å². The van der Waals surface area contributed by atoms with E-state index in [4.69, 9.17) is 0 Å². The van der Waals surface area contributed by atoms with Crippen LogP contribution in [0.1, 0.15) is 25.8 Å². The van der Waals surface area contributed by atoms with E-state index in [9.17, 15) is 4.79 Å². The van der Waals surface area contributed by atoms with Gasteiger partial charge >= 0.3 is 0 Å². The van der Waals surface area contributed by atoms with Crippen LogP contribution in [0.3, 0.4) is 0 Å². The highest BCUT2D eigenvalue weighted by atomic mass is 35.5. The van der Waals surface area contributed by atoms with E-state index in [1.165, 1.54) is 0 Å². The molecule has 0 aliphatic carbocycles. The molecule has 0 spiro atoms. The molecule has 21 heavy (non-hydrogen) atoms. The lowest BCUT2D eigenvalue weighted by molar-refractivity contribution is -0.138. The Morgan fingerprint density at radius 2 is 1.86 bits per heavy atom. The number of fused-ring (bicyclic) bond motifs is 1. The maximum atomic E-state index is 12.9. The molecule has 2 atom stereocenters. The Bertz CT molecular complexity index is 489. The Hall–Kier alpha value is -1.06. The van der Waals surface area contributed by atoms with Crippen LogP contribution in [0.2, 0.25) is 0 Å². The zero-order valence-corrected chi connectivity index (χ0v) is 13.7. The monoisotopic (exact) mass is 308 g/mol. The topological polar surface area (TPSA) is 32.3 Å². The number of carbonyl (C=O) groups is 1. The van der Waals surface area contributed by atoms with Crippen LogP contribution in [0.15, 0.2) is 30.3 Å². The van der Waals surface area contributed by atoms with Crippen molar-refractivity contribution >= 4 is 18.3 Å². The molecule has 2 aliphatic rings. The summed E-state index contributed by atoms with van der Waals surface area (Å²) in [5.74, 6) is 1.70. The van der Waals surface area contributed by atoms with Crippen LogP contribution in [0.4, 0.5) is 0 Å². The molecule has 3 nitrogen and oxygen atoms in total. The van der Waals surface area contributed by atoms with Crippen LogP contribution in [0.25, 0.3) is 0 Å². The van der Waals surface area contributed by atoms with Gasteiger partial charge in [-0.2, -0.15) is 0 Å². The van der Waals surface area contributed by atoms with E-state index in [-0.39, 0.29) is 18.3 Å². The molecule has 2 heterocycles. The lowest BCUT2D eigenvalue weighted by Crippen LogP contribution is -2.49. The zero-order valence-electron chi connectivity index (χ0n) is 12.8. The Morgan fingerprint density at radius 3 is 2.57 bits per heavy atom. The fourth-order valence-electron chi connectivity index (χ4n) is 3.59. The third-order valence-corrected chi connectivity index (χ3v) is 5.02. The molecule has 0 aromatic heterocycles. The number of nitrogens with one attached hydrogen (secondary N) is 1. The minimum absolute atomic E-state index is 0. The molecule has 1 aromatic carbocycles.